The van der Waals surface area contributed by atoms with E-state index in [1.54, 1.807) is 27.7 Å². The third-order valence-electron chi connectivity index (χ3n) is 3.11. The van der Waals surface area contributed by atoms with Crippen LogP contribution in [0.25, 0.3) is 0 Å². The van der Waals surface area contributed by atoms with Gasteiger partial charge in [-0.05, 0) is 27.7 Å². The fourth-order valence-electron chi connectivity index (χ4n) is 2.20. The minimum Gasteiger partial charge on any atom is -0.467 e. The first-order chi connectivity index (χ1) is 10.9. The number of carbonyl (C=O) groups is 4. The summed E-state index contributed by atoms with van der Waals surface area (Å²) in [4.78, 5) is 47.4. The van der Waals surface area contributed by atoms with Crippen LogP contribution in [0.3, 0.4) is 0 Å². The van der Waals surface area contributed by atoms with Gasteiger partial charge < -0.3 is 14.8 Å². The first-order valence-electron chi connectivity index (χ1n) is 7.23. The van der Waals surface area contributed by atoms with Crippen LogP contribution in [0.5, 0.6) is 0 Å². The van der Waals surface area contributed by atoms with Gasteiger partial charge in [0.15, 0.2) is 4.93 Å². The molecule has 0 aromatic rings. The van der Waals surface area contributed by atoms with Crippen LogP contribution in [-0.4, -0.2) is 52.4 Å². The number of alkyl carbamates (subject to hydrolysis) is 1. The van der Waals surface area contributed by atoms with E-state index >= 15 is 0 Å². The van der Waals surface area contributed by atoms with Crippen LogP contribution in [0.4, 0.5) is 4.79 Å². The standard InChI is InChI=1S/C15H22N2O6S/c1-14(2,16-13(21)23-15(3,4)24)8-9(12(20)22-5)17-10(18)6-7-11(17)19/h6-7,9,24H,8H2,1-5H3,(H,16,21). The molecule has 0 saturated carbocycles. The molecule has 0 aromatic heterocycles. The van der Waals surface area contributed by atoms with Gasteiger partial charge in [0.1, 0.15) is 6.04 Å². The van der Waals surface area contributed by atoms with Crippen LogP contribution in [0.1, 0.15) is 34.1 Å². The van der Waals surface area contributed by atoms with E-state index in [1.165, 1.54) is 0 Å². The van der Waals surface area contributed by atoms with Crippen LogP contribution < -0.4 is 5.32 Å². The number of nitrogens with one attached hydrogen (secondary N) is 1. The summed E-state index contributed by atoms with van der Waals surface area (Å²) in [5.74, 6) is -1.96. The van der Waals surface area contributed by atoms with Crippen molar-refractivity contribution in [2.24, 2.45) is 0 Å². The van der Waals surface area contributed by atoms with E-state index in [0.29, 0.717) is 0 Å². The van der Waals surface area contributed by atoms with E-state index in [9.17, 15) is 19.2 Å². The highest BCUT2D eigenvalue weighted by Gasteiger charge is 2.40. The lowest BCUT2D eigenvalue weighted by Gasteiger charge is -2.33. The van der Waals surface area contributed by atoms with Crippen molar-refractivity contribution in [3.63, 3.8) is 0 Å². The van der Waals surface area contributed by atoms with Crippen molar-refractivity contribution in [3.05, 3.63) is 12.2 Å². The van der Waals surface area contributed by atoms with Crippen molar-refractivity contribution >= 4 is 36.5 Å². The van der Waals surface area contributed by atoms with E-state index in [2.05, 4.69) is 22.7 Å². The van der Waals surface area contributed by atoms with E-state index in [0.717, 1.165) is 24.2 Å². The molecule has 0 aromatic carbocycles. The highest BCUT2D eigenvalue weighted by atomic mass is 32.1. The molecule has 0 bridgehead atoms. The number of imide groups is 1. The fourth-order valence-corrected chi connectivity index (χ4v) is 2.28. The SMILES string of the molecule is COC(=O)C(CC(C)(C)NC(=O)OC(C)(C)S)N1C(=O)C=CC1=O. The predicted octanol–water partition coefficient (Wildman–Crippen LogP) is 1.01. The second kappa shape index (κ2) is 7.25. The molecule has 1 heterocycles. The summed E-state index contributed by atoms with van der Waals surface area (Å²) < 4.78 is 9.73. The number of amides is 3. The lowest BCUT2D eigenvalue weighted by Crippen LogP contribution is -2.54. The molecule has 0 aliphatic carbocycles. The topological polar surface area (TPSA) is 102 Å². The van der Waals surface area contributed by atoms with E-state index < -0.39 is 40.4 Å². The summed E-state index contributed by atoms with van der Waals surface area (Å²) in [7, 11) is 1.16. The number of esters is 1. The van der Waals surface area contributed by atoms with Gasteiger partial charge in [-0.1, -0.05) is 0 Å². The fraction of sp³-hybridized carbons (Fsp3) is 0.600. The van der Waals surface area contributed by atoms with Crippen LogP contribution in [0.2, 0.25) is 0 Å². The second-order valence-corrected chi connectivity index (χ2v) is 7.55. The molecule has 0 radical (unpaired) electrons. The summed E-state index contributed by atoms with van der Waals surface area (Å²) in [6.07, 6.45) is 1.38. The van der Waals surface area contributed by atoms with Crippen molar-refractivity contribution in [1.29, 1.82) is 0 Å². The minimum atomic E-state index is -1.16. The number of thiol groups is 1. The number of carbonyl (C=O) groups excluding carboxylic acids is 4. The predicted molar refractivity (Wildman–Crippen MR) is 88.2 cm³/mol. The van der Waals surface area contributed by atoms with Crippen LogP contribution >= 0.6 is 12.6 Å². The molecule has 0 saturated heterocycles. The second-order valence-electron chi connectivity index (χ2n) is 6.47. The molecule has 8 nitrogen and oxygen atoms in total. The van der Waals surface area contributed by atoms with E-state index in [-0.39, 0.29) is 6.42 Å². The molecule has 134 valence electrons. The minimum absolute atomic E-state index is 0.0407. The Hall–Kier alpha value is -2.03. The monoisotopic (exact) mass is 358 g/mol. The summed E-state index contributed by atoms with van der Waals surface area (Å²) >= 11 is 4.09. The largest absolute Gasteiger partial charge is 0.467 e. The van der Waals surface area contributed by atoms with Gasteiger partial charge in [0.25, 0.3) is 11.8 Å². The molecule has 1 aliphatic rings. The number of methoxy groups -OCH3 is 1. The van der Waals surface area contributed by atoms with Gasteiger partial charge in [0.2, 0.25) is 0 Å². The van der Waals surface area contributed by atoms with Crippen molar-refractivity contribution in [3.8, 4) is 0 Å². The molecule has 0 fully saturated rings. The smallest absolute Gasteiger partial charge is 0.408 e. The molecule has 9 heteroatoms. The Kier molecular flexibility index (Phi) is 6.04. The Labute approximate surface area is 145 Å². The first kappa shape index (κ1) is 20.0. The van der Waals surface area contributed by atoms with Gasteiger partial charge in [-0.2, -0.15) is 0 Å². The van der Waals surface area contributed by atoms with Gasteiger partial charge in [-0.15, -0.1) is 12.6 Å². The van der Waals surface area contributed by atoms with Gasteiger partial charge in [-0.25, -0.2) is 9.59 Å². The summed E-state index contributed by atoms with van der Waals surface area (Å²) in [5, 5.41) is 2.59. The van der Waals surface area contributed by atoms with Gasteiger partial charge in [-0.3, -0.25) is 14.5 Å². The van der Waals surface area contributed by atoms with Crippen molar-refractivity contribution < 1.29 is 28.7 Å². The van der Waals surface area contributed by atoms with Crippen molar-refractivity contribution in [2.75, 3.05) is 7.11 Å². The Balaban J connectivity index is 2.89. The van der Waals surface area contributed by atoms with Gasteiger partial charge >= 0.3 is 12.1 Å². The molecular weight excluding hydrogens is 336 g/mol. The number of rotatable bonds is 6. The van der Waals surface area contributed by atoms with Crippen LogP contribution in [-0.2, 0) is 23.9 Å². The number of hydrogen-bond acceptors (Lipinski definition) is 7. The number of ether oxygens (including phenoxy) is 2. The average molecular weight is 358 g/mol. The molecule has 3 amide bonds. The Morgan fingerprint density at radius 2 is 1.71 bits per heavy atom. The van der Waals surface area contributed by atoms with Gasteiger partial charge in [0.05, 0.1) is 7.11 Å². The van der Waals surface area contributed by atoms with E-state index in [4.69, 9.17) is 4.74 Å². The highest BCUT2D eigenvalue weighted by Crippen LogP contribution is 2.22. The number of hydrogen-bond donors (Lipinski definition) is 2. The van der Waals surface area contributed by atoms with Gasteiger partial charge in [0, 0.05) is 24.1 Å². The van der Waals surface area contributed by atoms with Crippen LogP contribution in [0, 0.1) is 0 Å². The molecule has 1 N–H and O–H groups in total. The highest BCUT2D eigenvalue weighted by molar-refractivity contribution is 7.81. The zero-order valence-electron chi connectivity index (χ0n) is 14.3. The number of nitrogens with zero attached hydrogens (tertiary/aromatic N) is 1. The van der Waals surface area contributed by atoms with Crippen molar-refractivity contribution in [1.82, 2.24) is 10.2 Å². The van der Waals surface area contributed by atoms with E-state index in [1.807, 2.05) is 0 Å². The first-order valence-corrected chi connectivity index (χ1v) is 7.67. The molecule has 0 spiro atoms. The maximum absolute atomic E-state index is 12.0. The zero-order valence-corrected chi connectivity index (χ0v) is 15.2. The maximum Gasteiger partial charge on any atom is 0.408 e. The van der Waals surface area contributed by atoms with Crippen LogP contribution in [0.15, 0.2) is 12.2 Å². The normalized spacial score (nSPS) is 16.2. The Morgan fingerprint density at radius 3 is 2.12 bits per heavy atom. The summed E-state index contributed by atoms with van der Waals surface area (Å²) in [6, 6.07) is -1.16. The molecule has 1 atom stereocenters. The maximum atomic E-state index is 12.0. The lowest BCUT2D eigenvalue weighted by atomic mass is 9.94. The third-order valence-corrected chi connectivity index (χ3v) is 3.21. The molecule has 1 unspecified atom stereocenters. The van der Waals surface area contributed by atoms with Crippen molar-refractivity contribution in [2.45, 2.75) is 50.6 Å². The molecule has 1 rings (SSSR count). The quantitative estimate of drug-likeness (QED) is 0.318. The molecule has 24 heavy (non-hydrogen) atoms. The third kappa shape index (κ3) is 5.55. The summed E-state index contributed by atoms with van der Waals surface area (Å²) in [6.45, 7) is 6.45. The summed E-state index contributed by atoms with van der Waals surface area (Å²) in [5.41, 5.74) is -0.960. The molecule has 1 aliphatic heterocycles. The Morgan fingerprint density at radius 1 is 1.21 bits per heavy atom. The zero-order chi connectivity index (χ0) is 18.7. The molecular formula is C15H22N2O6S. The lowest BCUT2D eigenvalue weighted by molar-refractivity contribution is -0.156. The Bertz CT molecular complexity index is 561. The average Bonchev–Trinajstić information content (AvgIpc) is 2.72.